The molecule has 0 fully saturated rings. The molecule has 7 heteroatoms. The average Bonchev–Trinajstić information content (AvgIpc) is 2.61. The number of nitrogens with one attached hydrogen (secondary N) is 3. The van der Waals surface area contributed by atoms with Crippen molar-refractivity contribution >= 4 is 35.8 Å². The summed E-state index contributed by atoms with van der Waals surface area (Å²) in [6, 6.07) is 16.0. The summed E-state index contributed by atoms with van der Waals surface area (Å²) in [5.41, 5.74) is 1.84. The molecule has 0 aromatic heterocycles. The minimum absolute atomic E-state index is 0. The van der Waals surface area contributed by atoms with Gasteiger partial charge in [-0.15, -0.1) is 24.0 Å². The Bertz CT molecular complexity index is 694. The SMILES string of the molecule is CN=C(NCC(=O)NCc1ccccc1)NCc1cccc(F)c1.I. The van der Waals surface area contributed by atoms with Gasteiger partial charge in [0.1, 0.15) is 5.82 Å². The molecule has 5 nitrogen and oxygen atoms in total. The van der Waals surface area contributed by atoms with E-state index in [-0.39, 0.29) is 42.2 Å². The van der Waals surface area contributed by atoms with Gasteiger partial charge < -0.3 is 16.0 Å². The first-order chi connectivity index (χ1) is 11.7. The third kappa shape index (κ3) is 7.97. The van der Waals surface area contributed by atoms with Gasteiger partial charge in [-0.1, -0.05) is 42.5 Å². The summed E-state index contributed by atoms with van der Waals surface area (Å²) in [6.45, 7) is 1.01. The molecular formula is C18H22FIN4O. The van der Waals surface area contributed by atoms with Crippen molar-refractivity contribution in [3.05, 3.63) is 71.5 Å². The molecule has 0 saturated carbocycles. The molecule has 1 amide bonds. The van der Waals surface area contributed by atoms with Crippen LogP contribution in [0, 0.1) is 5.82 Å². The molecule has 0 unspecified atom stereocenters. The van der Waals surface area contributed by atoms with E-state index in [0.717, 1.165) is 11.1 Å². The lowest BCUT2D eigenvalue weighted by Gasteiger charge is -2.12. The van der Waals surface area contributed by atoms with Crippen LogP contribution in [0.1, 0.15) is 11.1 Å². The van der Waals surface area contributed by atoms with Crippen molar-refractivity contribution in [1.29, 1.82) is 0 Å². The third-order valence-electron chi connectivity index (χ3n) is 3.32. The summed E-state index contributed by atoms with van der Waals surface area (Å²) in [4.78, 5) is 15.9. The molecular weight excluding hydrogens is 434 g/mol. The van der Waals surface area contributed by atoms with Gasteiger partial charge in [0.05, 0.1) is 6.54 Å². The maximum atomic E-state index is 13.1. The Morgan fingerprint density at radius 3 is 2.32 bits per heavy atom. The van der Waals surface area contributed by atoms with Crippen LogP contribution in [0.2, 0.25) is 0 Å². The predicted octanol–water partition coefficient (Wildman–Crippen LogP) is 2.43. The Morgan fingerprint density at radius 1 is 0.960 bits per heavy atom. The number of hydrogen-bond donors (Lipinski definition) is 3. The van der Waals surface area contributed by atoms with Crippen LogP contribution in [-0.2, 0) is 17.9 Å². The highest BCUT2D eigenvalue weighted by atomic mass is 127. The summed E-state index contributed by atoms with van der Waals surface area (Å²) in [5.74, 6) is 0.0687. The lowest BCUT2D eigenvalue weighted by atomic mass is 10.2. The van der Waals surface area contributed by atoms with E-state index in [9.17, 15) is 9.18 Å². The Kier molecular flexibility index (Phi) is 9.53. The van der Waals surface area contributed by atoms with E-state index < -0.39 is 0 Å². The standard InChI is InChI=1S/C18H21FN4O.HI/c1-20-18(22-12-15-8-5-9-16(19)10-15)23-13-17(24)21-11-14-6-3-2-4-7-14;/h2-10H,11-13H2,1H3,(H,21,24)(H2,20,22,23);1H. The number of guanidine groups is 1. The van der Waals surface area contributed by atoms with Crippen LogP contribution in [0.3, 0.4) is 0 Å². The van der Waals surface area contributed by atoms with Gasteiger partial charge in [0.25, 0.3) is 0 Å². The molecule has 25 heavy (non-hydrogen) atoms. The van der Waals surface area contributed by atoms with Gasteiger partial charge >= 0.3 is 0 Å². The molecule has 0 heterocycles. The van der Waals surface area contributed by atoms with E-state index in [4.69, 9.17) is 0 Å². The lowest BCUT2D eigenvalue weighted by molar-refractivity contribution is -0.120. The van der Waals surface area contributed by atoms with Crippen LogP contribution in [0.15, 0.2) is 59.6 Å². The van der Waals surface area contributed by atoms with Crippen molar-refractivity contribution in [3.8, 4) is 0 Å². The number of nitrogens with zero attached hydrogens (tertiary/aromatic N) is 1. The molecule has 0 aliphatic heterocycles. The first kappa shape index (κ1) is 20.9. The number of aliphatic imine (C=N–C) groups is 1. The molecule has 0 aliphatic carbocycles. The van der Waals surface area contributed by atoms with Crippen LogP contribution >= 0.6 is 24.0 Å². The minimum Gasteiger partial charge on any atom is -0.352 e. The zero-order valence-electron chi connectivity index (χ0n) is 14.0. The molecule has 2 aromatic rings. The van der Waals surface area contributed by atoms with Gasteiger partial charge in [-0.25, -0.2) is 4.39 Å². The fraction of sp³-hybridized carbons (Fsp3) is 0.222. The highest BCUT2D eigenvalue weighted by Gasteiger charge is 2.04. The molecule has 0 aliphatic rings. The molecule has 3 N–H and O–H groups in total. The van der Waals surface area contributed by atoms with Crippen LogP contribution in [0.5, 0.6) is 0 Å². The Hall–Kier alpha value is -2.16. The smallest absolute Gasteiger partial charge is 0.239 e. The number of rotatable bonds is 6. The third-order valence-corrected chi connectivity index (χ3v) is 3.32. The van der Waals surface area contributed by atoms with E-state index >= 15 is 0 Å². The quantitative estimate of drug-likeness (QED) is 0.356. The van der Waals surface area contributed by atoms with Gasteiger partial charge in [0.2, 0.25) is 5.91 Å². The van der Waals surface area contributed by atoms with E-state index in [1.54, 1.807) is 13.1 Å². The van der Waals surface area contributed by atoms with Gasteiger partial charge in [-0.2, -0.15) is 0 Å². The van der Waals surface area contributed by atoms with Crippen molar-refractivity contribution in [1.82, 2.24) is 16.0 Å². The van der Waals surface area contributed by atoms with Crippen molar-refractivity contribution < 1.29 is 9.18 Å². The van der Waals surface area contributed by atoms with Crippen molar-refractivity contribution in [2.24, 2.45) is 4.99 Å². The summed E-state index contributed by atoms with van der Waals surface area (Å²) in [7, 11) is 1.61. The van der Waals surface area contributed by atoms with Gasteiger partial charge in [-0.3, -0.25) is 9.79 Å². The monoisotopic (exact) mass is 456 g/mol. The maximum Gasteiger partial charge on any atom is 0.239 e. The van der Waals surface area contributed by atoms with Gasteiger partial charge in [-0.05, 0) is 23.3 Å². The van der Waals surface area contributed by atoms with Crippen LogP contribution in [0.4, 0.5) is 4.39 Å². The summed E-state index contributed by atoms with van der Waals surface area (Å²) >= 11 is 0. The Labute approximate surface area is 164 Å². The zero-order valence-corrected chi connectivity index (χ0v) is 16.3. The van der Waals surface area contributed by atoms with Crippen LogP contribution in [0.25, 0.3) is 0 Å². The molecule has 0 saturated heterocycles. The fourth-order valence-corrected chi connectivity index (χ4v) is 2.08. The highest BCUT2D eigenvalue weighted by molar-refractivity contribution is 14.0. The first-order valence-electron chi connectivity index (χ1n) is 7.67. The van der Waals surface area contributed by atoms with Crippen molar-refractivity contribution in [2.45, 2.75) is 13.1 Å². The number of amides is 1. The largest absolute Gasteiger partial charge is 0.352 e. The van der Waals surface area contributed by atoms with E-state index in [1.165, 1.54) is 12.1 Å². The van der Waals surface area contributed by atoms with Crippen LogP contribution in [-0.4, -0.2) is 25.5 Å². The predicted molar refractivity (Wildman–Crippen MR) is 108 cm³/mol. The minimum atomic E-state index is -0.280. The summed E-state index contributed by atoms with van der Waals surface area (Å²) in [5, 5.41) is 8.78. The van der Waals surface area contributed by atoms with Crippen molar-refractivity contribution in [3.63, 3.8) is 0 Å². The van der Waals surface area contributed by atoms with Gasteiger partial charge in [0.15, 0.2) is 5.96 Å². The second kappa shape index (κ2) is 11.4. The number of hydrogen-bond acceptors (Lipinski definition) is 2. The molecule has 0 bridgehead atoms. The fourth-order valence-electron chi connectivity index (χ4n) is 2.08. The maximum absolute atomic E-state index is 13.1. The van der Waals surface area contributed by atoms with Crippen molar-refractivity contribution in [2.75, 3.05) is 13.6 Å². The molecule has 134 valence electrons. The zero-order chi connectivity index (χ0) is 17.2. The van der Waals surface area contributed by atoms with E-state index in [0.29, 0.717) is 19.0 Å². The lowest BCUT2D eigenvalue weighted by Crippen LogP contribution is -2.42. The van der Waals surface area contributed by atoms with Gasteiger partial charge in [0, 0.05) is 20.1 Å². The molecule has 0 spiro atoms. The van der Waals surface area contributed by atoms with Crippen LogP contribution < -0.4 is 16.0 Å². The second-order valence-electron chi connectivity index (χ2n) is 5.17. The summed E-state index contributed by atoms with van der Waals surface area (Å²) in [6.07, 6.45) is 0. The van der Waals surface area contributed by atoms with E-state index in [1.807, 2.05) is 36.4 Å². The number of carbonyl (C=O) groups is 1. The second-order valence-corrected chi connectivity index (χ2v) is 5.17. The number of carbonyl (C=O) groups excluding carboxylic acids is 1. The normalized spacial score (nSPS) is 10.6. The first-order valence-corrected chi connectivity index (χ1v) is 7.67. The average molecular weight is 456 g/mol. The topological polar surface area (TPSA) is 65.5 Å². The van der Waals surface area contributed by atoms with E-state index in [2.05, 4.69) is 20.9 Å². The number of halogens is 2. The summed E-state index contributed by atoms with van der Waals surface area (Å²) < 4.78 is 13.1. The number of benzene rings is 2. The molecule has 2 rings (SSSR count). The highest BCUT2D eigenvalue weighted by Crippen LogP contribution is 2.02. The molecule has 2 aromatic carbocycles. The Balaban J connectivity index is 0.00000312. The molecule has 0 atom stereocenters. The Morgan fingerprint density at radius 2 is 1.64 bits per heavy atom. The molecule has 0 radical (unpaired) electrons.